The Morgan fingerprint density at radius 1 is 0.679 bits per heavy atom. The lowest BCUT2D eigenvalue weighted by Gasteiger charge is -2.32. The molecule has 1 fully saturated rings. The van der Waals surface area contributed by atoms with Crippen molar-refractivity contribution in [2.75, 3.05) is 0 Å². The predicted molar refractivity (Wildman–Crippen MR) is 118 cm³/mol. The van der Waals surface area contributed by atoms with Crippen LogP contribution >= 0.6 is 0 Å². The molecule has 2 nitrogen and oxygen atoms in total. The predicted octanol–water partition coefficient (Wildman–Crippen LogP) is 7.13. The third-order valence-electron chi connectivity index (χ3n) is 6.27. The van der Waals surface area contributed by atoms with E-state index in [4.69, 9.17) is 0 Å². The molecule has 0 aliphatic heterocycles. The van der Waals surface area contributed by atoms with Gasteiger partial charge in [0.25, 0.3) is 0 Å². The largest absolute Gasteiger partial charge is 0.508 e. The van der Waals surface area contributed by atoms with Crippen LogP contribution in [0.2, 0.25) is 0 Å². The highest BCUT2D eigenvalue weighted by molar-refractivity contribution is 5.43. The molecule has 0 amide bonds. The summed E-state index contributed by atoms with van der Waals surface area (Å²) in [4.78, 5) is 0. The molecular formula is C26H36O2. The van der Waals surface area contributed by atoms with Gasteiger partial charge in [0.05, 0.1) is 0 Å². The SMILES string of the molecule is CC(C)(C)c1cc(C2CCCC(c3ccc(O)c(C(C)(C)C)c3)C2)ccc1O. The van der Waals surface area contributed by atoms with Gasteiger partial charge in [0.2, 0.25) is 0 Å². The van der Waals surface area contributed by atoms with Crippen LogP contribution in [-0.4, -0.2) is 10.2 Å². The molecule has 2 heteroatoms. The summed E-state index contributed by atoms with van der Waals surface area (Å²) < 4.78 is 0. The van der Waals surface area contributed by atoms with E-state index < -0.39 is 0 Å². The summed E-state index contributed by atoms with van der Waals surface area (Å²) in [7, 11) is 0. The summed E-state index contributed by atoms with van der Waals surface area (Å²) in [6.07, 6.45) is 4.75. The van der Waals surface area contributed by atoms with E-state index in [0.717, 1.165) is 17.5 Å². The maximum absolute atomic E-state index is 10.3. The highest BCUT2D eigenvalue weighted by Crippen LogP contribution is 2.44. The first kappa shape index (κ1) is 20.8. The van der Waals surface area contributed by atoms with Crippen molar-refractivity contribution in [1.29, 1.82) is 0 Å². The first-order chi connectivity index (χ1) is 13.0. The number of phenols is 2. The lowest BCUT2D eigenvalue weighted by molar-refractivity contribution is 0.390. The summed E-state index contributed by atoms with van der Waals surface area (Å²) in [6, 6.07) is 12.4. The summed E-state index contributed by atoms with van der Waals surface area (Å²) in [6.45, 7) is 12.9. The average molecular weight is 381 g/mol. The van der Waals surface area contributed by atoms with Gasteiger partial charge in [-0.05, 0) is 76.3 Å². The maximum atomic E-state index is 10.3. The standard InChI is InChI=1S/C26H36O2/c1-25(2,3)21-15-19(10-12-23(21)27)17-8-7-9-18(14-17)20-11-13-24(28)22(16-20)26(4,5)6/h10-13,15-18,27-28H,7-9,14H2,1-6H3. The highest BCUT2D eigenvalue weighted by atomic mass is 16.3. The molecule has 1 saturated carbocycles. The minimum Gasteiger partial charge on any atom is -0.508 e. The third-order valence-corrected chi connectivity index (χ3v) is 6.27. The van der Waals surface area contributed by atoms with E-state index in [0.29, 0.717) is 23.3 Å². The molecule has 0 aromatic heterocycles. The fraction of sp³-hybridized carbons (Fsp3) is 0.538. The number of phenolic OH excluding ortho intramolecular Hbond substituents is 2. The summed E-state index contributed by atoms with van der Waals surface area (Å²) in [5.41, 5.74) is 4.64. The zero-order chi connectivity index (χ0) is 20.7. The van der Waals surface area contributed by atoms with Gasteiger partial charge in [-0.2, -0.15) is 0 Å². The minimum atomic E-state index is -0.0628. The van der Waals surface area contributed by atoms with Gasteiger partial charge < -0.3 is 10.2 Å². The minimum absolute atomic E-state index is 0.0628. The molecule has 0 bridgehead atoms. The normalized spacial score (nSPS) is 20.9. The second-order valence-electron chi connectivity index (χ2n) is 10.6. The molecule has 0 saturated heterocycles. The number of rotatable bonds is 2. The van der Waals surface area contributed by atoms with Crippen molar-refractivity contribution in [2.45, 2.75) is 89.9 Å². The summed E-state index contributed by atoms with van der Waals surface area (Å²) >= 11 is 0. The fourth-order valence-corrected chi connectivity index (χ4v) is 4.61. The molecule has 0 heterocycles. The zero-order valence-corrected chi connectivity index (χ0v) is 18.3. The first-order valence-electron chi connectivity index (χ1n) is 10.6. The molecule has 2 aromatic rings. The van der Waals surface area contributed by atoms with Gasteiger partial charge in [-0.1, -0.05) is 72.2 Å². The van der Waals surface area contributed by atoms with E-state index in [9.17, 15) is 10.2 Å². The van der Waals surface area contributed by atoms with Crippen LogP contribution in [0.15, 0.2) is 36.4 Å². The van der Waals surface area contributed by atoms with E-state index in [1.165, 1.54) is 30.4 Å². The van der Waals surface area contributed by atoms with E-state index in [1.807, 2.05) is 12.1 Å². The van der Waals surface area contributed by atoms with E-state index in [-0.39, 0.29) is 10.8 Å². The summed E-state index contributed by atoms with van der Waals surface area (Å²) in [5.74, 6) is 1.84. The molecule has 0 radical (unpaired) electrons. The van der Waals surface area contributed by atoms with Crippen LogP contribution in [-0.2, 0) is 10.8 Å². The number of hydrogen-bond donors (Lipinski definition) is 2. The smallest absolute Gasteiger partial charge is 0.119 e. The summed E-state index contributed by atoms with van der Waals surface area (Å²) in [5, 5.41) is 20.6. The van der Waals surface area contributed by atoms with Crippen LogP contribution in [0.25, 0.3) is 0 Å². The molecule has 28 heavy (non-hydrogen) atoms. The topological polar surface area (TPSA) is 40.5 Å². The van der Waals surface area contributed by atoms with Gasteiger partial charge in [0.1, 0.15) is 11.5 Å². The third kappa shape index (κ3) is 4.37. The van der Waals surface area contributed by atoms with E-state index in [1.54, 1.807) is 0 Å². The molecule has 1 aliphatic rings. The maximum Gasteiger partial charge on any atom is 0.119 e. The van der Waals surface area contributed by atoms with Crippen molar-refractivity contribution < 1.29 is 10.2 Å². The number of hydrogen-bond acceptors (Lipinski definition) is 2. The van der Waals surface area contributed by atoms with Gasteiger partial charge >= 0.3 is 0 Å². The Bertz CT molecular complexity index is 767. The Hall–Kier alpha value is -1.96. The Kier molecular flexibility index (Phi) is 5.53. The molecule has 2 N–H and O–H groups in total. The molecule has 2 atom stereocenters. The second kappa shape index (κ2) is 7.46. The van der Waals surface area contributed by atoms with Gasteiger partial charge in [0.15, 0.2) is 0 Å². The van der Waals surface area contributed by atoms with Crippen LogP contribution in [0, 0.1) is 0 Å². The van der Waals surface area contributed by atoms with Crippen LogP contribution in [0.4, 0.5) is 0 Å². The quantitative estimate of drug-likeness (QED) is 0.581. The number of aromatic hydroxyl groups is 2. The first-order valence-corrected chi connectivity index (χ1v) is 10.6. The molecule has 0 spiro atoms. The number of benzene rings is 2. The van der Waals surface area contributed by atoms with Crippen LogP contribution in [0.3, 0.4) is 0 Å². The molecule has 2 aromatic carbocycles. The molecular weight excluding hydrogens is 344 g/mol. The lowest BCUT2D eigenvalue weighted by Crippen LogP contribution is -2.17. The van der Waals surface area contributed by atoms with Crippen molar-refractivity contribution in [3.8, 4) is 11.5 Å². The monoisotopic (exact) mass is 380 g/mol. The second-order valence-corrected chi connectivity index (χ2v) is 10.6. The van der Waals surface area contributed by atoms with Gasteiger partial charge in [-0.25, -0.2) is 0 Å². The average Bonchev–Trinajstić information content (AvgIpc) is 2.60. The highest BCUT2D eigenvalue weighted by Gasteiger charge is 2.28. The van der Waals surface area contributed by atoms with Crippen molar-refractivity contribution in [2.24, 2.45) is 0 Å². The Morgan fingerprint density at radius 3 is 1.43 bits per heavy atom. The Morgan fingerprint density at radius 2 is 1.07 bits per heavy atom. The fourth-order valence-electron chi connectivity index (χ4n) is 4.61. The Labute approximate surface area is 170 Å². The van der Waals surface area contributed by atoms with E-state index >= 15 is 0 Å². The van der Waals surface area contributed by atoms with Crippen molar-refractivity contribution >= 4 is 0 Å². The van der Waals surface area contributed by atoms with Crippen molar-refractivity contribution in [3.05, 3.63) is 58.7 Å². The van der Waals surface area contributed by atoms with Gasteiger partial charge in [0, 0.05) is 0 Å². The van der Waals surface area contributed by atoms with Crippen LogP contribution < -0.4 is 0 Å². The van der Waals surface area contributed by atoms with Crippen LogP contribution in [0.1, 0.15) is 101 Å². The molecule has 1 aliphatic carbocycles. The van der Waals surface area contributed by atoms with Gasteiger partial charge in [-0.3, -0.25) is 0 Å². The van der Waals surface area contributed by atoms with Gasteiger partial charge in [-0.15, -0.1) is 0 Å². The van der Waals surface area contributed by atoms with Crippen molar-refractivity contribution in [3.63, 3.8) is 0 Å². The zero-order valence-electron chi connectivity index (χ0n) is 18.3. The van der Waals surface area contributed by atoms with Crippen molar-refractivity contribution in [1.82, 2.24) is 0 Å². The molecule has 2 unspecified atom stereocenters. The van der Waals surface area contributed by atoms with Crippen LogP contribution in [0.5, 0.6) is 11.5 Å². The van der Waals surface area contributed by atoms with E-state index in [2.05, 4.69) is 65.8 Å². The lowest BCUT2D eigenvalue weighted by atomic mass is 9.73. The molecule has 152 valence electrons. The Balaban J connectivity index is 1.88. The molecule has 3 rings (SSSR count).